The fourth-order valence-corrected chi connectivity index (χ4v) is 3.68. The molecule has 5 nitrogen and oxygen atoms in total. The molecule has 0 N–H and O–H groups in total. The van der Waals surface area contributed by atoms with Crippen LogP contribution in [0.2, 0.25) is 0 Å². The number of nitrogens with zero attached hydrogens (tertiary/aromatic N) is 2. The van der Waals surface area contributed by atoms with Crippen LogP contribution in [-0.4, -0.2) is 28.9 Å². The molecule has 0 aliphatic carbocycles. The summed E-state index contributed by atoms with van der Waals surface area (Å²) in [7, 11) is 0. The van der Waals surface area contributed by atoms with E-state index in [2.05, 4.69) is 4.98 Å². The van der Waals surface area contributed by atoms with Crippen LogP contribution in [0.25, 0.3) is 0 Å². The molecule has 156 valence electrons. The monoisotopic (exact) mass is 412 g/mol. The maximum atomic E-state index is 13.7. The predicted octanol–water partition coefficient (Wildman–Crippen LogP) is 4.68. The number of rotatable bonds is 6. The van der Waals surface area contributed by atoms with Gasteiger partial charge in [-0.25, -0.2) is 13.8 Å². The molecule has 1 aromatic heterocycles. The van der Waals surface area contributed by atoms with Crippen molar-refractivity contribution in [1.82, 2.24) is 9.88 Å². The molecular formula is C23H22F2N2O3. The molecule has 1 aliphatic rings. The summed E-state index contributed by atoms with van der Waals surface area (Å²) in [5, 5.41) is 0. The second kappa shape index (κ2) is 9.07. The van der Waals surface area contributed by atoms with Gasteiger partial charge in [-0.3, -0.25) is 4.79 Å². The number of carbonyl (C=O) groups is 1. The molecule has 1 unspecified atom stereocenters. The van der Waals surface area contributed by atoms with Gasteiger partial charge in [0.2, 0.25) is 5.89 Å². The highest BCUT2D eigenvalue weighted by molar-refractivity contribution is 5.78. The first-order valence-corrected chi connectivity index (χ1v) is 9.96. The van der Waals surface area contributed by atoms with E-state index in [4.69, 9.17) is 9.15 Å². The van der Waals surface area contributed by atoms with E-state index >= 15 is 0 Å². The molecule has 0 bridgehead atoms. The van der Waals surface area contributed by atoms with Crippen LogP contribution in [0.3, 0.4) is 0 Å². The van der Waals surface area contributed by atoms with Gasteiger partial charge in [-0.15, -0.1) is 0 Å². The summed E-state index contributed by atoms with van der Waals surface area (Å²) >= 11 is 0. The summed E-state index contributed by atoms with van der Waals surface area (Å²) in [4.78, 5) is 18.8. The first-order chi connectivity index (χ1) is 14.6. The lowest BCUT2D eigenvalue weighted by Crippen LogP contribution is -2.41. The van der Waals surface area contributed by atoms with Crippen molar-refractivity contribution in [3.05, 3.63) is 83.6 Å². The zero-order valence-corrected chi connectivity index (χ0v) is 16.4. The summed E-state index contributed by atoms with van der Waals surface area (Å²) in [6.07, 6.45) is 4.59. The topological polar surface area (TPSA) is 55.6 Å². The van der Waals surface area contributed by atoms with Gasteiger partial charge in [-0.1, -0.05) is 24.3 Å². The molecule has 2 aromatic carbocycles. The van der Waals surface area contributed by atoms with E-state index in [0.29, 0.717) is 24.6 Å². The van der Waals surface area contributed by atoms with Crippen LogP contribution < -0.4 is 4.74 Å². The molecule has 0 saturated carbocycles. The Labute approximate surface area is 173 Å². The Kier molecular flexibility index (Phi) is 6.07. The fraction of sp³-hybridized carbons (Fsp3) is 0.304. The van der Waals surface area contributed by atoms with Gasteiger partial charge in [0, 0.05) is 13.0 Å². The summed E-state index contributed by atoms with van der Waals surface area (Å²) in [6.45, 7) is 0.306. The van der Waals surface area contributed by atoms with Crippen molar-refractivity contribution in [1.29, 1.82) is 0 Å². The molecule has 4 rings (SSSR count). The lowest BCUT2D eigenvalue weighted by molar-refractivity contribution is -0.137. The highest BCUT2D eigenvalue weighted by Crippen LogP contribution is 2.31. The second-order valence-electron chi connectivity index (χ2n) is 7.29. The Morgan fingerprint density at radius 1 is 1.17 bits per heavy atom. The van der Waals surface area contributed by atoms with Crippen molar-refractivity contribution in [3.63, 3.8) is 0 Å². The van der Waals surface area contributed by atoms with Gasteiger partial charge in [0.25, 0.3) is 5.91 Å². The number of hydrogen-bond donors (Lipinski definition) is 0. The van der Waals surface area contributed by atoms with Crippen molar-refractivity contribution < 1.29 is 22.7 Å². The largest absolute Gasteiger partial charge is 0.481 e. The summed E-state index contributed by atoms with van der Waals surface area (Å²) < 4.78 is 38.4. The third kappa shape index (κ3) is 4.67. The molecule has 0 radical (unpaired) electrons. The highest BCUT2D eigenvalue weighted by atomic mass is 19.1. The van der Waals surface area contributed by atoms with Crippen molar-refractivity contribution in [2.45, 2.75) is 31.7 Å². The van der Waals surface area contributed by atoms with Crippen LogP contribution in [0, 0.1) is 11.6 Å². The molecule has 1 fully saturated rings. The molecule has 1 saturated heterocycles. The molecule has 1 atom stereocenters. The van der Waals surface area contributed by atoms with Crippen LogP contribution in [0.1, 0.15) is 42.5 Å². The van der Waals surface area contributed by atoms with Crippen LogP contribution >= 0.6 is 0 Å². The number of benzene rings is 2. The lowest BCUT2D eigenvalue weighted by atomic mass is 10.0. The van der Waals surface area contributed by atoms with Gasteiger partial charge >= 0.3 is 0 Å². The van der Waals surface area contributed by atoms with Gasteiger partial charge < -0.3 is 14.1 Å². The number of halogens is 2. The van der Waals surface area contributed by atoms with E-state index in [-0.39, 0.29) is 30.1 Å². The van der Waals surface area contributed by atoms with E-state index in [9.17, 15) is 13.6 Å². The number of oxazole rings is 1. The van der Waals surface area contributed by atoms with Crippen LogP contribution in [-0.2, 0) is 11.2 Å². The first-order valence-electron chi connectivity index (χ1n) is 9.96. The Hall–Kier alpha value is -3.22. The lowest BCUT2D eigenvalue weighted by Gasteiger charge is -2.33. The van der Waals surface area contributed by atoms with Gasteiger partial charge in [-0.05, 0) is 49.1 Å². The zero-order valence-electron chi connectivity index (χ0n) is 16.4. The molecule has 1 amide bonds. The Balaban J connectivity index is 1.44. The Bertz CT molecular complexity index is 1020. The van der Waals surface area contributed by atoms with Gasteiger partial charge in [0.15, 0.2) is 18.2 Å². The molecular weight excluding hydrogens is 390 g/mol. The minimum absolute atomic E-state index is 0.0490. The van der Waals surface area contributed by atoms with Gasteiger partial charge in [0.1, 0.15) is 17.6 Å². The first kappa shape index (κ1) is 20.1. The molecule has 7 heteroatoms. The smallest absolute Gasteiger partial charge is 0.261 e. The molecule has 1 aliphatic heterocycles. The number of aromatic nitrogens is 1. The number of ether oxygens (including phenoxy) is 1. The third-order valence-corrected chi connectivity index (χ3v) is 5.13. The molecule has 2 heterocycles. The zero-order chi connectivity index (χ0) is 20.9. The van der Waals surface area contributed by atoms with E-state index < -0.39 is 5.82 Å². The number of likely N-dealkylation sites (tertiary alicyclic amines) is 1. The minimum Gasteiger partial charge on any atom is -0.481 e. The van der Waals surface area contributed by atoms with Crippen LogP contribution in [0.5, 0.6) is 5.75 Å². The standard InChI is InChI=1S/C23H22F2N2O3/c24-17-7-5-6-16(12-17)13-18-14-26-23(30-18)20-9-3-4-11-27(20)22(28)15-29-21-10-2-1-8-19(21)25/h1-2,5-8,10,12,14,20H,3-4,9,11,13,15H2. The highest BCUT2D eigenvalue weighted by Gasteiger charge is 2.31. The summed E-state index contributed by atoms with van der Waals surface area (Å²) in [5.41, 5.74) is 0.785. The number of carbonyl (C=O) groups excluding carboxylic acids is 1. The second-order valence-corrected chi connectivity index (χ2v) is 7.29. The minimum atomic E-state index is -0.504. The third-order valence-electron chi connectivity index (χ3n) is 5.13. The van der Waals surface area contributed by atoms with Crippen molar-refractivity contribution >= 4 is 5.91 Å². The maximum absolute atomic E-state index is 13.7. The van der Waals surface area contributed by atoms with E-state index in [1.54, 1.807) is 29.3 Å². The van der Waals surface area contributed by atoms with Crippen LogP contribution in [0.4, 0.5) is 8.78 Å². The van der Waals surface area contributed by atoms with Crippen molar-refractivity contribution in [2.75, 3.05) is 13.2 Å². The van der Waals surface area contributed by atoms with Gasteiger partial charge in [0.05, 0.1) is 6.20 Å². The molecule has 0 spiro atoms. The fourth-order valence-electron chi connectivity index (χ4n) is 3.68. The quantitative estimate of drug-likeness (QED) is 0.590. The molecule has 30 heavy (non-hydrogen) atoms. The normalized spacial score (nSPS) is 16.5. The van der Waals surface area contributed by atoms with Crippen LogP contribution in [0.15, 0.2) is 59.1 Å². The summed E-state index contributed by atoms with van der Waals surface area (Å²) in [6, 6.07) is 12.0. The molecule has 3 aromatic rings. The average molecular weight is 412 g/mol. The Morgan fingerprint density at radius 2 is 2.03 bits per heavy atom. The van der Waals surface area contributed by atoms with E-state index in [0.717, 1.165) is 24.8 Å². The van der Waals surface area contributed by atoms with Crippen molar-refractivity contribution in [2.24, 2.45) is 0 Å². The predicted molar refractivity (Wildman–Crippen MR) is 106 cm³/mol. The maximum Gasteiger partial charge on any atom is 0.261 e. The van der Waals surface area contributed by atoms with E-state index in [1.807, 2.05) is 6.07 Å². The van der Waals surface area contributed by atoms with Crippen molar-refractivity contribution in [3.8, 4) is 5.75 Å². The SMILES string of the molecule is O=C(COc1ccccc1F)N1CCCCC1c1ncc(Cc2cccc(F)c2)o1. The average Bonchev–Trinajstić information content (AvgIpc) is 3.21. The number of amides is 1. The number of hydrogen-bond acceptors (Lipinski definition) is 4. The van der Waals surface area contributed by atoms with E-state index in [1.165, 1.54) is 24.3 Å². The Morgan fingerprint density at radius 3 is 2.87 bits per heavy atom. The van der Waals surface area contributed by atoms with Gasteiger partial charge in [-0.2, -0.15) is 0 Å². The number of piperidine rings is 1. The number of para-hydroxylation sites is 1. The summed E-state index contributed by atoms with van der Waals surface area (Å²) in [5.74, 6) is 0.0681.